The Hall–Kier alpha value is -0.590. The molecular weight excluding hydrogens is 172 g/mol. The lowest BCUT2D eigenvalue weighted by atomic mass is 9.81. The van der Waals surface area contributed by atoms with Crippen LogP contribution in [0.25, 0.3) is 0 Å². The Balaban J connectivity index is 1.70. The minimum Gasteiger partial charge on any atom is -0.303 e. The number of aldehydes is 1. The van der Waals surface area contributed by atoms with E-state index in [1.54, 1.807) is 5.57 Å². The van der Waals surface area contributed by atoms with Crippen LogP contribution in [0.4, 0.5) is 0 Å². The highest BCUT2D eigenvalue weighted by atomic mass is 16.1. The Morgan fingerprint density at radius 3 is 3.00 bits per heavy atom. The number of carbonyl (C=O) groups is 1. The summed E-state index contributed by atoms with van der Waals surface area (Å²) in [5.41, 5.74) is 1.59. The third-order valence-electron chi connectivity index (χ3n) is 4.67. The van der Waals surface area contributed by atoms with Gasteiger partial charge in [0.15, 0.2) is 0 Å². The molecule has 0 aromatic rings. The average Bonchev–Trinajstić information content (AvgIpc) is 2.85. The third-order valence-corrected chi connectivity index (χ3v) is 4.67. The lowest BCUT2D eigenvalue weighted by molar-refractivity contribution is -0.107. The fourth-order valence-electron chi connectivity index (χ4n) is 4.09. The molecule has 3 aliphatic carbocycles. The molecule has 4 atom stereocenters. The van der Waals surface area contributed by atoms with Crippen LogP contribution < -0.4 is 0 Å². The molecule has 76 valence electrons. The van der Waals surface area contributed by atoms with E-state index >= 15 is 0 Å². The fraction of sp³-hybridized carbons (Fsp3) is 0.769. The Kier molecular flexibility index (Phi) is 2.00. The normalized spacial score (nSPS) is 43.9. The van der Waals surface area contributed by atoms with Crippen LogP contribution in [0.2, 0.25) is 0 Å². The monoisotopic (exact) mass is 190 g/mol. The van der Waals surface area contributed by atoms with E-state index in [2.05, 4.69) is 6.08 Å². The van der Waals surface area contributed by atoms with E-state index in [9.17, 15) is 4.79 Å². The highest BCUT2D eigenvalue weighted by molar-refractivity contribution is 5.50. The molecule has 1 heteroatoms. The minimum atomic E-state index is 0.737. The molecule has 2 bridgehead atoms. The molecule has 0 amide bonds. The SMILES string of the molecule is O=CCCC1=CC2C3CCC(C3)C2C1. The highest BCUT2D eigenvalue weighted by Gasteiger charge is 2.48. The van der Waals surface area contributed by atoms with Crippen molar-refractivity contribution in [2.24, 2.45) is 23.7 Å². The van der Waals surface area contributed by atoms with Crippen LogP contribution in [0.5, 0.6) is 0 Å². The van der Waals surface area contributed by atoms with Crippen LogP contribution in [0.15, 0.2) is 11.6 Å². The summed E-state index contributed by atoms with van der Waals surface area (Å²) in [5, 5.41) is 0. The van der Waals surface area contributed by atoms with Gasteiger partial charge in [0.2, 0.25) is 0 Å². The molecule has 2 saturated carbocycles. The predicted molar refractivity (Wildman–Crippen MR) is 55.8 cm³/mol. The summed E-state index contributed by atoms with van der Waals surface area (Å²) in [6.45, 7) is 0. The maximum Gasteiger partial charge on any atom is 0.120 e. The van der Waals surface area contributed by atoms with Crippen molar-refractivity contribution in [2.75, 3.05) is 0 Å². The standard InChI is InChI=1S/C13H18O/c14-5-1-2-9-6-12-10-3-4-11(8-10)13(12)7-9/h5-6,10-13H,1-4,7-8H2. The van der Waals surface area contributed by atoms with Crippen molar-refractivity contribution in [3.8, 4) is 0 Å². The van der Waals surface area contributed by atoms with Crippen LogP contribution in [0.1, 0.15) is 38.5 Å². The second-order valence-corrected chi connectivity index (χ2v) is 5.31. The van der Waals surface area contributed by atoms with Gasteiger partial charge in [-0.05, 0) is 55.8 Å². The molecule has 0 N–H and O–H groups in total. The summed E-state index contributed by atoms with van der Waals surface area (Å²) in [6.07, 6.45) is 11.1. The van der Waals surface area contributed by atoms with Gasteiger partial charge in [0.1, 0.15) is 6.29 Å². The maximum atomic E-state index is 10.3. The number of fused-ring (bicyclic) bond motifs is 5. The Labute approximate surface area is 85.6 Å². The summed E-state index contributed by atoms with van der Waals surface area (Å²) < 4.78 is 0. The van der Waals surface area contributed by atoms with Crippen LogP contribution in [-0.2, 0) is 4.79 Å². The molecule has 14 heavy (non-hydrogen) atoms. The number of allylic oxidation sites excluding steroid dienone is 2. The molecule has 2 fully saturated rings. The first-order valence-corrected chi connectivity index (χ1v) is 6.01. The number of rotatable bonds is 3. The van der Waals surface area contributed by atoms with E-state index < -0.39 is 0 Å². The first-order chi connectivity index (χ1) is 6.88. The van der Waals surface area contributed by atoms with Crippen molar-refractivity contribution in [1.29, 1.82) is 0 Å². The zero-order valence-corrected chi connectivity index (χ0v) is 8.61. The summed E-state index contributed by atoms with van der Waals surface area (Å²) in [4.78, 5) is 10.3. The van der Waals surface area contributed by atoms with E-state index in [1.807, 2.05) is 0 Å². The Morgan fingerprint density at radius 2 is 2.21 bits per heavy atom. The topological polar surface area (TPSA) is 17.1 Å². The molecule has 3 aliphatic rings. The smallest absolute Gasteiger partial charge is 0.120 e. The maximum absolute atomic E-state index is 10.3. The number of carbonyl (C=O) groups excluding carboxylic acids is 1. The molecule has 0 aromatic carbocycles. The lowest BCUT2D eigenvalue weighted by Gasteiger charge is -2.23. The van der Waals surface area contributed by atoms with Crippen molar-refractivity contribution in [3.63, 3.8) is 0 Å². The van der Waals surface area contributed by atoms with Gasteiger partial charge in [-0.3, -0.25) is 0 Å². The predicted octanol–water partition coefficient (Wildman–Crippen LogP) is 2.96. The molecule has 1 nitrogen and oxygen atoms in total. The largest absolute Gasteiger partial charge is 0.303 e. The zero-order chi connectivity index (χ0) is 9.54. The molecule has 0 heterocycles. The van der Waals surface area contributed by atoms with Crippen LogP contribution >= 0.6 is 0 Å². The van der Waals surface area contributed by atoms with Crippen molar-refractivity contribution in [2.45, 2.75) is 38.5 Å². The van der Waals surface area contributed by atoms with Gasteiger partial charge in [-0.15, -0.1) is 0 Å². The van der Waals surface area contributed by atoms with Crippen LogP contribution in [0.3, 0.4) is 0 Å². The van der Waals surface area contributed by atoms with Crippen molar-refractivity contribution in [3.05, 3.63) is 11.6 Å². The van der Waals surface area contributed by atoms with E-state index in [0.29, 0.717) is 0 Å². The summed E-state index contributed by atoms with van der Waals surface area (Å²) in [5.74, 6) is 3.94. The first-order valence-electron chi connectivity index (χ1n) is 6.01. The van der Waals surface area contributed by atoms with Crippen molar-refractivity contribution < 1.29 is 4.79 Å². The van der Waals surface area contributed by atoms with E-state index in [1.165, 1.54) is 25.7 Å². The Morgan fingerprint density at radius 1 is 1.36 bits per heavy atom. The van der Waals surface area contributed by atoms with Gasteiger partial charge in [0, 0.05) is 6.42 Å². The summed E-state index contributed by atoms with van der Waals surface area (Å²) >= 11 is 0. The van der Waals surface area contributed by atoms with E-state index in [0.717, 1.165) is 42.8 Å². The van der Waals surface area contributed by atoms with Crippen molar-refractivity contribution >= 4 is 6.29 Å². The van der Waals surface area contributed by atoms with Crippen LogP contribution in [-0.4, -0.2) is 6.29 Å². The molecule has 0 radical (unpaired) electrons. The second kappa shape index (κ2) is 3.22. The molecule has 0 aliphatic heterocycles. The number of hydrogen-bond acceptors (Lipinski definition) is 1. The van der Waals surface area contributed by atoms with Gasteiger partial charge in [0.25, 0.3) is 0 Å². The second-order valence-electron chi connectivity index (χ2n) is 5.31. The zero-order valence-electron chi connectivity index (χ0n) is 8.61. The number of hydrogen-bond donors (Lipinski definition) is 0. The molecule has 4 unspecified atom stereocenters. The lowest BCUT2D eigenvalue weighted by Crippen LogP contribution is -2.16. The Bertz CT molecular complexity index is 279. The van der Waals surface area contributed by atoms with Gasteiger partial charge >= 0.3 is 0 Å². The molecule has 0 spiro atoms. The molecule has 0 saturated heterocycles. The highest BCUT2D eigenvalue weighted by Crippen LogP contribution is 2.58. The van der Waals surface area contributed by atoms with Gasteiger partial charge in [-0.1, -0.05) is 11.6 Å². The minimum absolute atomic E-state index is 0.737. The average molecular weight is 190 g/mol. The molecule has 3 rings (SSSR count). The van der Waals surface area contributed by atoms with Gasteiger partial charge in [-0.25, -0.2) is 0 Å². The fourth-order valence-corrected chi connectivity index (χ4v) is 4.09. The van der Waals surface area contributed by atoms with Gasteiger partial charge in [0.05, 0.1) is 0 Å². The van der Waals surface area contributed by atoms with Gasteiger partial charge < -0.3 is 4.79 Å². The van der Waals surface area contributed by atoms with Crippen LogP contribution in [0, 0.1) is 23.7 Å². The third kappa shape index (κ3) is 1.18. The summed E-state index contributed by atoms with van der Waals surface area (Å²) in [7, 11) is 0. The van der Waals surface area contributed by atoms with E-state index in [4.69, 9.17) is 0 Å². The molecule has 0 aromatic heterocycles. The quantitative estimate of drug-likeness (QED) is 0.494. The summed E-state index contributed by atoms with van der Waals surface area (Å²) in [6, 6.07) is 0. The van der Waals surface area contributed by atoms with Gasteiger partial charge in [-0.2, -0.15) is 0 Å². The van der Waals surface area contributed by atoms with Crippen molar-refractivity contribution in [1.82, 2.24) is 0 Å². The molecular formula is C13H18O. The van der Waals surface area contributed by atoms with E-state index in [-0.39, 0.29) is 0 Å². The first kappa shape index (κ1) is 8.70.